The number of carbonyl (C=O) groups excluding carboxylic acids is 1. The molecule has 1 heterocycles. The first-order chi connectivity index (χ1) is 12.6. The number of aromatic nitrogens is 2. The Bertz CT molecular complexity index is 890. The van der Waals surface area contributed by atoms with Crippen LogP contribution in [-0.4, -0.2) is 29.9 Å². The van der Waals surface area contributed by atoms with Crippen molar-refractivity contribution in [1.29, 1.82) is 0 Å². The second-order valence-electron chi connectivity index (χ2n) is 5.76. The summed E-state index contributed by atoms with van der Waals surface area (Å²) in [7, 11) is 3.13. The predicted molar refractivity (Wildman–Crippen MR) is 99.0 cm³/mol. The van der Waals surface area contributed by atoms with Crippen molar-refractivity contribution in [1.82, 2.24) is 15.1 Å². The van der Waals surface area contributed by atoms with Crippen LogP contribution in [0.1, 0.15) is 29.0 Å². The zero-order chi connectivity index (χ0) is 18.5. The highest BCUT2D eigenvalue weighted by Gasteiger charge is 2.21. The molecule has 0 saturated heterocycles. The predicted octanol–water partition coefficient (Wildman–Crippen LogP) is 3.38. The van der Waals surface area contributed by atoms with Crippen molar-refractivity contribution in [3.63, 3.8) is 0 Å². The molecule has 0 radical (unpaired) electrons. The third-order valence-electron chi connectivity index (χ3n) is 4.09. The largest absolute Gasteiger partial charge is 0.496 e. The van der Waals surface area contributed by atoms with E-state index in [1.807, 2.05) is 61.5 Å². The van der Waals surface area contributed by atoms with Crippen LogP contribution in [0.5, 0.6) is 11.5 Å². The first-order valence-electron chi connectivity index (χ1n) is 8.27. The number of nitrogens with one attached hydrogen (secondary N) is 1. The van der Waals surface area contributed by atoms with Crippen molar-refractivity contribution in [3.8, 4) is 17.2 Å². The van der Waals surface area contributed by atoms with Gasteiger partial charge in [-0.15, -0.1) is 0 Å². The van der Waals surface area contributed by atoms with E-state index in [1.165, 1.54) is 7.11 Å². The highest BCUT2D eigenvalue weighted by molar-refractivity contribution is 5.95. The number of hydrogen-bond donors (Lipinski definition) is 1. The van der Waals surface area contributed by atoms with Gasteiger partial charge in [0.15, 0.2) is 11.4 Å². The number of para-hydroxylation sites is 2. The van der Waals surface area contributed by atoms with Gasteiger partial charge in [0.25, 0.3) is 5.91 Å². The Morgan fingerprint density at radius 1 is 1.00 bits per heavy atom. The maximum atomic E-state index is 12.7. The van der Waals surface area contributed by atoms with Gasteiger partial charge >= 0.3 is 0 Å². The third-order valence-corrected chi connectivity index (χ3v) is 4.09. The summed E-state index contributed by atoms with van der Waals surface area (Å²) in [5.41, 5.74) is 1.98. The maximum absolute atomic E-state index is 12.7. The summed E-state index contributed by atoms with van der Waals surface area (Å²) in [5.74, 6) is 0.829. The van der Waals surface area contributed by atoms with Gasteiger partial charge in [0.2, 0.25) is 0 Å². The smallest absolute Gasteiger partial charge is 0.276 e. The molecule has 0 spiro atoms. The van der Waals surface area contributed by atoms with E-state index < -0.39 is 0 Å². The first kappa shape index (κ1) is 17.5. The fourth-order valence-corrected chi connectivity index (χ4v) is 2.74. The van der Waals surface area contributed by atoms with E-state index in [0.29, 0.717) is 5.75 Å². The summed E-state index contributed by atoms with van der Waals surface area (Å²) < 4.78 is 12.3. The zero-order valence-electron chi connectivity index (χ0n) is 15.0. The van der Waals surface area contributed by atoms with E-state index >= 15 is 0 Å². The molecule has 1 amide bonds. The molecule has 134 valence electrons. The molecule has 1 aromatic heterocycles. The monoisotopic (exact) mass is 351 g/mol. The normalized spacial score (nSPS) is 11.7. The number of benzene rings is 2. The van der Waals surface area contributed by atoms with Gasteiger partial charge < -0.3 is 14.8 Å². The fourth-order valence-electron chi connectivity index (χ4n) is 2.74. The molecular formula is C20H21N3O3. The Hall–Kier alpha value is -3.28. The first-order valence-corrected chi connectivity index (χ1v) is 8.27. The average Bonchev–Trinajstić information content (AvgIpc) is 3.13. The Kier molecular flexibility index (Phi) is 5.22. The van der Waals surface area contributed by atoms with Crippen LogP contribution >= 0.6 is 0 Å². The van der Waals surface area contributed by atoms with Crippen molar-refractivity contribution in [2.45, 2.75) is 13.0 Å². The summed E-state index contributed by atoms with van der Waals surface area (Å²) in [6.45, 7) is 1.90. The van der Waals surface area contributed by atoms with E-state index in [-0.39, 0.29) is 17.6 Å². The van der Waals surface area contributed by atoms with Crippen LogP contribution in [0.4, 0.5) is 0 Å². The summed E-state index contributed by atoms with van der Waals surface area (Å²) in [6, 6.07) is 16.9. The highest BCUT2D eigenvalue weighted by atomic mass is 16.5. The molecule has 0 fully saturated rings. The van der Waals surface area contributed by atoms with Crippen LogP contribution in [0, 0.1) is 0 Å². The SMILES string of the molecule is COc1ccccc1C(C)NC(=O)c1nn(-c2ccccc2)cc1OC. The number of carbonyl (C=O) groups is 1. The Labute approximate surface area is 152 Å². The molecule has 3 aromatic rings. The fraction of sp³-hybridized carbons (Fsp3) is 0.200. The van der Waals surface area contributed by atoms with Gasteiger partial charge in [0, 0.05) is 5.56 Å². The molecule has 0 bridgehead atoms. The van der Waals surface area contributed by atoms with Crippen molar-refractivity contribution in [2.24, 2.45) is 0 Å². The molecule has 6 nitrogen and oxygen atoms in total. The summed E-state index contributed by atoms with van der Waals surface area (Å²) in [5, 5.41) is 7.34. The van der Waals surface area contributed by atoms with Gasteiger partial charge in [-0.25, -0.2) is 4.68 Å². The van der Waals surface area contributed by atoms with Crippen LogP contribution in [0.15, 0.2) is 60.8 Å². The van der Waals surface area contributed by atoms with Crippen molar-refractivity contribution in [3.05, 3.63) is 72.1 Å². The molecule has 1 atom stereocenters. The van der Waals surface area contributed by atoms with Crippen LogP contribution in [0.2, 0.25) is 0 Å². The number of rotatable bonds is 6. The second-order valence-corrected chi connectivity index (χ2v) is 5.76. The van der Waals surface area contributed by atoms with Gasteiger partial charge in [0.05, 0.1) is 32.1 Å². The molecular weight excluding hydrogens is 330 g/mol. The second kappa shape index (κ2) is 7.74. The number of hydrogen-bond acceptors (Lipinski definition) is 4. The molecule has 0 aliphatic rings. The van der Waals surface area contributed by atoms with Crippen molar-refractivity contribution >= 4 is 5.91 Å². The minimum Gasteiger partial charge on any atom is -0.496 e. The topological polar surface area (TPSA) is 65.4 Å². The van der Waals surface area contributed by atoms with Crippen molar-refractivity contribution < 1.29 is 14.3 Å². The molecule has 1 N–H and O–H groups in total. The molecule has 0 aliphatic carbocycles. The Balaban J connectivity index is 1.84. The summed E-state index contributed by atoms with van der Waals surface area (Å²) >= 11 is 0. The number of nitrogens with zero attached hydrogens (tertiary/aromatic N) is 2. The summed E-state index contributed by atoms with van der Waals surface area (Å²) in [4.78, 5) is 12.7. The van der Waals surface area contributed by atoms with E-state index in [2.05, 4.69) is 10.4 Å². The third kappa shape index (κ3) is 3.54. The van der Waals surface area contributed by atoms with Crippen LogP contribution < -0.4 is 14.8 Å². The molecule has 0 aliphatic heterocycles. The lowest BCUT2D eigenvalue weighted by molar-refractivity contribution is 0.0931. The Morgan fingerprint density at radius 2 is 1.65 bits per heavy atom. The zero-order valence-corrected chi connectivity index (χ0v) is 15.0. The van der Waals surface area contributed by atoms with Crippen LogP contribution in [0.3, 0.4) is 0 Å². The van der Waals surface area contributed by atoms with E-state index in [0.717, 1.165) is 17.0 Å². The van der Waals surface area contributed by atoms with E-state index in [4.69, 9.17) is 9.47 Å². The molecule has 3 rings (SSSR count). The van der Waals surface area contributed by atoms with Gasteiger partial charge in [-0.05, 0) is 25.1 Å². The minimum absolute atomic E-state index is 0.234. The maximum Gasteiger partial charge on any atom is 0.276 e. The number of amides is 1. The number of methoxy groups -OCH3 is 2. The van der Waals surface area contributed by atoms with Gasteiger partial charge in [0.1, 0.15) is 5.75 Å². The van der Waals surface area contributed by atoms with Crippen LogP contribution in [-0.2, 0) is 0 Å². The molecule has 6 heteroatoms. The molecule has 1 unspecified atom stereocenters. The molecule has 26 heavy (non-hydrogen) atoms. The average molecular weight is 351 g/mol. The summed E-state index contributed by atoms with van der Waals surface area (Å²) in [6.07, 6.45) is 1.69. The standard InChI is InChI=1S/C20H21N3O3/c1-14(16-11-7-8-12-17(16)25-2)21-20(24)19-18(26-3)13-23(22-19)15-9-5-4-6-10-15/h4-14H,1-3H3,(H,21,24). The number of ether oxygens (including phenoxy) is 2. The van der Waals surface area contributed by atoms with Crippen molar-refractivity contribution in [2.75, 3.05) is 14.2 Å². The lowest BCUT2D eigenvalue weighted by Crippen LogP contribution is -2.27. The molecule has 0 saturated carbocycles. The highest BCUT2D eigenvalue weighted by Crippen LogP contribution is 2.25. The lowest BCUT2D eigenvalue weighted by Gasteiger charge is -2.16. The minimum atomic E-state index is -0.310. The quantitative estimate of drug-likeness (QED) is 0.739. The van der Waals surface area contributed by atoms with Crippen LogP contribution in [0.25, 0.3) is 5.69 Å². The lowest BCUT2D eigenvalue weighted by atomic mass is 10.1. The van der Waals surface area contributed by atoms with E-state index in [9.17, 15) is 4.79 Å². The van der Waals surface area contributed by atoms with Gasteiger partial charge in [-0.1, -0.05) is 36.4 Å². The Morgan fingerprint density at radius 3 is 2.35 bits per heavy atom. The molecule has 2 aromatic carbocycles. The van der Waals surface area contributed by atoms with E-state index in [1.54, 1.807) is 18.0 Å². The van der Waals surface area contributed by atoms with Gasteiger partial charge in [-0.2, -0.15) is 5.10 Å². The van der Waals surface area contributed by atoms with Gasteiger partial charge in [-0.3, -0.25) is 4.79 Å².